The first kappa shape index (κ1) is 19.8. The predicted octanol–water partition coefficient (Wildman–Crippen LogP) is 1.57. The van der Waals surface area contributed by atoms with Crippen molar-refractivity contribution < 1.29 is 24.6 Å². The molecule has 1 unspecified atom stereocenters. The lowest BCUT2D eigenvalue weighted by Gasteiger charge is -2.44. The van der Waals surface area contributed by atoms with Crippen LogP contribution in [0.3, 0.4) is 0 Å². The molecule has 2 N–H and O–H groups in total. The van der Waals surface area contributed by atoms with E-state index in [1.165, 1.54) is 37.7 Å². The molecule has 3 fully saturated rings. The Labute approximate surface area is 153 Å². The van der Waals surface area contributed by atoms with Crippen LogP contribution < -0.4 is 0 Å². The van der Waals surface area contributed by atoms with Crippen molar-refractivity contribution in [1.82, 2.24) is 13.6 Å². The van der Waals surface area contributed by atoms with Crippen molar-refractivity contribution in [2.45, 2.75) is 37.1 Å². The topological polar surface area (TPSA) is 121 Å². The number of hydrogen-bond acceptors (Lipinski definition) is 8. The summed E-state index contributed by atoms with van der Waals surface area (Å²) in [7, 11) is 0. The number of fused-ring (bicyclic) bond motifs is 3. The lowest BCUT2D eigenvalue weighted by Crippen LogP contribution is -2.46. The van der Waals surface area contributed by atoms with Gasteiger partial charge in [-0.3, -0.25) is 4.79 Å². The second-order valence-electron chi connectivity index (χ2n) is 5.99. The minimum absolute atomic E-state index is 0.290. The van der Waals surface area contributed by atoms with Crippen LogP contribution >= 0.6 is 23.5 Å². The SMILES string of the molecule is CCC(=O)CSc1nsnc1C1CN2CCC1CC2.O=C(O)C(=O)O. The number of Topliss-reactive ketones (excluding diaryl/α,β-unsaturated/α-hetero) is 1. The molecule has 25 heavy (non-hydrogen) atoms. The molecule has 4 heterocycles. The maximum atomic E-state index is 11.4. The number of piperidine rings is 3. The molecule has 0 aliphatic carbocycles. The molecule has 2 bridgehead atoms. The highest BCUT2D eigenvalue weighted by Gasteiger charge is 2.37. The van der Waals surface area contributed by atoms with Gasteiger partial charge >= 0.3 is 11.9 Å². The summed E-state index contributed by atoms with van der Waals surface area (Å²) in [5.41, 5.74) is 1.16. The van der Waals surface area contributed by atoms with E-state index >= 15 is 0 Å². The van der Waals surface area contributed by atoms with Gasteiger partial charge in [0, 0.05) is 18.9 Å². The molecule has 0 aromatic carbocycles. The molecule has 10 heteroatoms. The summed E-state index contributed by atoms with van der Waals surface area (Å²) in [6.45, 7) is 5.53. The molecule has 1 atom stereocenters. The molecule has 0 radical (unpaired) electrons. The number of rotatable bonds is 5. The van der Waals surface area contributed by atoms with E-state index < -0.39 is 11.9 Å². The third-order valence-corrected chi connectivity index (χ3v) is 6.13. The van der Waals surface area contributed by atoms with Crippen LogP contribution in [0.2, 0.25) is 0 Å². The van der Waals surface area contributed by atoms with Gasteiger partial charge in [0.25, 0.3) is 0 Å². The molecule has 1 aromatic heterocycles. The quantitative estimate of drug-likeness (QED) is 0.573. The largest absolute Gasteiger partial charge is 0.473 e. The lowest BCUT2D eigenvalue weighted by molar-refractivity contribution is -0.159. The van der Waals surface area contributed by atoms with Crippen LogP contribution in [-0.2, 0) is 14.4 Å². The smallest absolute Gasteiger partial charge is 0.414 e. The van der Waals surface area contributed by atoms with Gasteiger partial charge < -0.3 is 15.1 Å². The van der Waals surface area contributed by atoms with Crippen molar-refractivity contribution in [3.63, 3.8) is 0 Å². The lowest BCUT2D eigenvalue weighted by atomic mass is 9.78. The Bertz CT molecular complexity index is 616. The van der Waals surface area contributed by atoms with Crippen molar-refractivity contribution >= 4 is 41.2 Å². The van der Waals surface area contributed by atoms with E-state index in [0.717, 1.165) is 23.2 Å². The molecule has 1 aromatic rings. The fourth-order valence-electron chi connectivity index (χ4n) is 3.04. The van der Waals surface area contributed by atoms with Crippen LogP contribution in [0.15, 0.2) is 5.03 Å². The zero-order chi connectivity index (χ0) is 18.4. The van der Waals surface area contributed by atoms with E-state index in [-0.39, 0.29) is 5.78 Å². The first-order chi connectivity index (χ1) is 11.9. The van der Waals surface area contributed by atoms with E-state index in [1.54, 1.807) is 11.8 Å². The molecule has 3 aliphatic rings. The molecule has 3 saturated heterocycles. The fraction of sp³-hybridized carbons (Fsp3) is 0.667. The molecular weight excluding hydrogens is 366 g/mol. The van der Waals surface area contributed by atoms with E-state index in [9.17, 15) is 4.79 Å². The summed E-state index contributed by atoms with van der Waals surface area (Å²) in [5, 5.41) is 15.8. The zero-order valence-electron chi connectivity index (χ0n) is 13.9. The monoisotopic (exact) mass is 387 g/mol. The maximum absolute atomic E-state index is 11.4. The number of carbonyl (C=O) groups excluding carboxylic acids is 1. The van der Waals surface area contributed by atoms with Gasteiger partial charge in [-0.25, -0.2) is 9.59 Å². The number of ketones is 1. The fourth-order valence-corrected chi connectivity index (χ4v) is 4.77. The van der Waals surface area contributed by atoms with E-state index in [2.05, 4.69) is 13.6 Å². The van der Waals surface area contributed by atoms with Gasteiger partial charge in [0.05, 0.1) is 23.2 Å². The molecule has 8 nitrogen and oxygen atoms in total. The summed E-state index contributed by atoms with van der Waals surface area (Å²) in [6, 6.07) is 0. The van der Waals surface area contributed by atoms with Gasteiger partial charge in [0.2, 0.25) is 0 Å². The number of aromatic nitrogens is 2. The Balaban J connectivity index is 0.000000326. The molecule has 138 valence electrons. The molecule has 0 saturated carbocycles. The summed E-state index contributed by atoms with van der Waals surface area (Å²) < 4.78 is 8.94. The average molecular weight is 387 g/mol. The number of hydrogen-bond donors (Lipinski definition) is 2. The number of nitrogens with zero attached hydrogens (tertiary/aromatic N) is 3. The Morgan fingerprint density at radius 1 is 1.20 bits per heavy atom. The summed E-state index contributed by atoms with van der Waals surface area (Å²) in [4.78, 5) is 32.2. The van der Waals surface area contributed by atoms with E-state index in [1.807, 2.05) is 6.92 Å². The van der Waals surface area contributed by atoms with Gasteiger partial charge in [-0.2, -0.15) is 8.75 Å². The Hall–Kier alpha value is -1.52. The third kappa shape index (κ3) is 5.48. The normalized spacial score (nSPS) is 24.3. The number of carboxylic acid groups (broad SMARTS) is 2. The van der Waals surface area contributed by atoms with Gasteiger partial charge in [-0.05, 0) is 31.8 Å². The van der Waals surface area contributed by atoms with Gasteiger partial charge in [0.15, 0.2) is 0 Å². The van der Waals surface area contributed by atoms with Gasteiger partial charge in [-0.15, -0.1) is 0 Å². The molecular formula is C15H21N3O5S2. The van der Waals surface area contributed by atoms with Crippen LogP contribution in [0.1, 0.15) is 37.8 Å². The second-order valence-corrected chi connectivity index (χ2v) is 7.48. The molecule has 3 aliphatic heterocycles. The Morgan fingerprint density at radius 3 is 2.32 bits per heavy atom. The average Bonchev–Trinajstić information content (AvgIpc) is 3.09. The first-order valence-corrected chi connectivity index (χ1v) is 9.79. The highest BCUT2D eigenvalue weighted by molar-refractivity contribution is 8.00. The number of carboxylic acids is 2. The third-order valence-electron chi connectivity index (χ3n) is 4.44. The number of carbonyl (C=O) groups is 3. The van der Waals surface area contributed by atoms with Gasteiger partial charge in [-0.1, -0.05) is 18.7 Å². The van der Waals surface area contributed by atoms with Gasteiger partial charge in [0.1, 0.15) is 10.8 Å². The number of thioether (sulfide) groups is 1. The Kier molecular flexibility index (Phi) is 7.33. The molecule has 0 amide bonds. The molecule has 0 spiro atoms. The van der Waals surface area contributed by atoms with Crippen LogP contribution in [0, 0.1) is 5.92 Å². The minimum atomic E-state index is -1.82. The highest BCUT2D eigenvalue weighted by atomic mass is 32.2. The van der Waals surface area contributed by atoms with Crippen molar-refractivity contribution in [2.75, 3.05) is 25.4 Å². The van der Waals surface area contributed by atoms with Crippen LogP contribution in [0.5, 0.6) is 0 Å². The molecule has 4 rings (SSSR count). The van der Waals surface area contributed by atoms with Crippen LogP contribution in [0.25, 0.3) is 0 Å². The maximum Gasteiger partial charge on any atom is 0.414 e. The van der Waals surface area contributed by atoms with Crippen LogP contribution in [0.4, 0.5) is 0 Å². The predicted molar refractivity (Wildman–Crippen MR) is 93.1 cm³/mol. The summed E-state index contributed by atoms with van der Waals surface area (Å²) >= 11 is 2.87. The van der Waals surface area contributed by atoms with Crippen molar-refractivity contribution in [3.8, 4) is 0 Å². The number of aliphatic carboxylic acids is 2. The van der Waals surface area contributed by atoms with E-state index in [4.69, 9.17) is 19.8 Å². The standard InChI is InChI=1S/C13H19N3OS2.C2H2O4/c1-2-10(17)8-18-13-12(14-19-15-13)11-7-16-5-3-9(11)4-6-16;3-1(4)2(5)6/h9,11H,2-8H2,1H3;(H,3,4)(H,5,6). The van der Waals surface area contributed by atoms with E-state index in [0.29, 0.717) is 18.1 Å². The first-order valence-electron chi connectivity index (χ1n) is 8.07. The summed E-state index contributed by atoms with van der Waals surface area (Å²) in [6.07, 6.45) is 3.19. The Morgan fingerprint density at radius 2 is 1.84 bits per heavy atom. The second kappa shape index (κ2) is 9.25. The van der Waals surface area contributed by atoms with Crippen LogP contribution in [-0.4, -0.2) is 67.0 Å². The van der Waals surface area contributed by atoms with Crippen molar-refractivity contribution in [1.29, 1.82) is 0 Å². The van der Waals surface area contributed by atoms with Crippen molar-refractivity contribution in [2.24, 2.45) is 5.92 Å². The van der Waals surface area contributed by atoms with Crippen molar-refractivity contribution in [3.05, 3.63) is 5.69 Å². The highest BCUT2D eigenvalue weighted by Crippen LogP contribution is 2.41. The minimum Gasteiger partial charge on any atom is -0.473 e. The zero-order valence-corrected chi connectivity index (χ0v) is 15.5. The summed E-state index contributed by atoms with van der Waals surface area (Å²) in [5.74, 6) is -1.51.